The molecule has 0 spiro atoms. The second-order valence-electron chi connectivity index (χ2n) is 7.42. The van der Waals surface area contributed by atoms with Gasteiger partial charge in [-0.25, -0.2) is 9.67 Å². The van der Waals surface area contributed by atoms with E-state index in [1.54, 1.807) is 30.3 Å². The number of aromatic nitrogens is 3. The SMILES string of the molecule is Cc1ccc(-n2nc(C)c(NC(=O)CN(C)CC(=O)Nc3ccc(Br)cn3)c2C)cc1. The highest BCUT2D eigenvalue weighted by molar-refractivity contribution is 9.10. The van der Waals surface area contributed by atoms with Crippen LogP contribution in [0.5, 0.6) is 0 Å². The van der Waals surface area contributed by atoms with Crippen molar-refractivity contribution in [3.63, 3.8) is 0 Å². The molecule has 0 atom stereocenters. The van der Waals surface area contributed by atoms with Gasteiger partial charge in [0.05, 0.1) is 35.9 Å². The molecule has 0 aliphatic carbocycles. The number of hydrogen-bond acceptors (Lipinski definition) is 5. The van der Waals surface area contributed by atoms with E-state index in [0.29, 0.717) is 11.5 Å². The lowest BCUT2D eigenvalue weighted by atomic mass is 10.2. The molecule has 2 amide bonds. The quantitative estimate of drug-likeness (QED) is 0.535. The number of likely N-dealkylation sites (N-methyl/N-ethyl adjacent to an activating group) is 1. The number of nitrogens with zero attached hydrogens (tertiary/aromatic N) is 4. The fraction of sp³-hybridized carbons (Fsp3) is 0.273. The number of halogens is 1. The summed E-state index contributed by atoms with van der Waals surface area (Å²) in [5, 5.41) is 10.2. The van der Waals surface area contributed by atoms with Crippen molar-refractivity contribution in [2.75, 3.05) is 30.8 Å². The molecule has 0 aliphatic heterocycles. The Labute approximate surface area is 189 Å². The van der Waals surface area contributed by atoms with E-state index >= 15 is 0 Å². The predicted octanol–water partition coefficient (Wildman–Crippen LogP) is 3.46. The maximum Gasteiger partial charge on any atom is 0.239 e. The molecular weight excluding hydrogens is 460 g/mol. The van der Waals surface area contributed by atoms with Crippen molar-refractivity contribution in [1.29, 1.82) is 0 Å². The number of nitrogens with one attached hydrogen (secondary N) is 2. The van der Waals surface area contributed by atoms with E-state index in [1.807, 2.05) is 49.7 Å². The molecule has 162 valence electrons. The molecule has 2 N–H and O–H groups in total. The van der Waals surface area contributed by atoms with Gasteiger partial charge in [0, 0.05) is 10.7 Å². The van der Waals surface area contributed by atoms with Gasteiger partial charge in [0.1, 0.15) is 5.82 Å². The number of aryl methyl sites for hydroxylation is 2. The zero-order valence-corrected chi connectivity index (χ0v) is 19.5. The van der Waals surface area contributed by atoms with E-state index in [9.17, 15) is 9.59 Å². The number of rotatable bonds is 7. The van der Waals surface area contributed by atoms with E-state index in [1.165, 1.54) is 5.56 Å². The molecule has 0 aliphatic rings. The summed E-state index contributed by atoms with van der Waals surface area (Å²) < 4.78 is 2.64. The molecule has 0 fully saturated rings. The number of amides is 2. The van der Waals surface area contributed by atoms with Crippen LogP contribution in [0.15, 0.2) is 47.1 Å². The van der Waals surface area contributed by atoms with Crippen molar-refractivity contribution in [1.82, 2.24) is 19.7 Å². The van der Waals surface area contributed by atoms with Gasteiger partial charge < -0.3 is 10.6 Å². The van der Waals surface area contributed by atoms with Gasteiger partial charge in [-0.2, -0.15) is 5.10 Å². The minimum absolute atomic E-state index is 0.0613. The van der Waals surface area contributed by atoms with Crippen LogP contribution in [0.2, 0.25) is 0 Å². The van der Waals surface area contributed by atoms with Crippen molar-refractivity contribution in [3.8, 4) is 5.69 Å². The van der Waals surface area contributed by atoms with Crippen LogP contribution in [0.25, 0.3) is 5.69 Å². The maximum atomic E-state index is 12.6. The minimum Gasteiger partial charge on any atom is -0.322 e. The van der Waals surface area contributed by atoms with Crippen LogP contribution in [0.3, 0.4) is 0 Å². The Hall–Kier alpha value is -3.04. The first-order valence-electron chi connectivity index (χ1n) is 9.76. The molecule has 2 heterocycles. The van der Waals surface area contributed by atoms with Crippen LogP contribution in [-0.4, -0.2) is 51.6 Å². The van der Waals surface area contributed by atoms with Crippen LogP contribution >= 0.6 is 15.9 Å². The van der Waals surface area contributed by atoms with Crippen molar-refractivity contribution in [2.24, 2.45) is 0 Å². The molecule has 31 heavy (non-hydrogen) atoms. The number of carbonyl (C=O) groups is 2. The van der Waals surface area contributed by atoms with Gasteiger partial charge in [-0.15, -0.1) is 0 Å². The van der Waals surface area contributed by atoms with Crippen LogP contribution in [0.1, 0.15) is 17.0 Å². The molecule has 2 aromatic heterocycles. The third kappa shape index (κ3) is 5.99. The van der Waals surface area contributed by atoms with Crippen LogP contribution in [-0.2, 0) is 9.59 Å². The monoisotopic (exact) mass is 484 g/mol. The molecule has 9 heteroatoms. The fourth-order valence-corrected chi connectivity index (χ4v) is 3.35. The van der Waals surface area contributed by atoms with Gasteiger partial charge >= 0.3 is 0 Å². The maximum absolute atomic E-state index is 12.6. The Morgan fingerprint density at radius 3 is 2.26 bits per heavy atom. The Bertz CT molecular complexity index is 1080. The van der Waals surface area contributed by atoms with Gasteiger partial charge in [0.2, 0.25) is 11.8 Å². The lowest BCUT2D eigenvalue weighted by Crippen LogP contribution is -2.36. The first-order chi connectivity index (χ1) is 14.7. The molecule has 0 saturated heterocycles. The summed E-state index contributed by atoms with van der Waals surface area (Å²) in [6.45, 7) is 5.93. The summed E-state index contributed by atoms with van der Waals surface area (Å²) in [7, 11) is 1.71. The van der Waals surface area contributed by atoms with E-state index in [2.05, 4.69) is 36.6 Å². The summed E-state index contributed by atoms with van der Waals surface area (Å²) in [6.07, 6.45) is 1.61. The number of anilines is 2. The van der Waals surface area contributed by atoms with E-state index in [0.717, 1.165) is 21.5 Å². The summed E-state index contributed by atoms with van der Waals surface area (Å²) in [5.41, 5.74) is 4.36. The highest BCUT2D eigenvalue weighted by atomic mass is 79.9. The molecule has 0 bridgehead atoms. The minimum atomic E-state index is -0.246. The van der Waals surface area contributed by atoms with Crippen LogP contribution < -0.4 is 10.6 Å². The molecule has 1 aromatic carbocycles. The van der Waals surface area contributed by atoms with Gasteiger partial charge in [0.25, 0.3) is 0 Å². The lowest BCUT2D eigenvalue weighted by Gasteiger charge is -2.16. The molecule has 0 unspecified atom stereocenters. The standard InChI is InChI=1S/C22H25BrN6O2/c1-14-5-8-18(9-6-14)29-16(3)22(15(2)27-29)26-21(31)13-28(4)12-20(30)25-19-10-7-17(23)11-24-19/h5-11H,12-13H2,1-4H3,(H,26,31)(H,24,25,30). The van der Waals surface area contributed by atoms with E-state index < -0.39 is 0 Å². The molecule has 0 radical (unpaired) electrons. The third-order valence-electron chi connectivity index (χ3n) is 4.66. The third-order valence-corrected chi connectivity index (χ3v) is 5.13. The summed E-state index contributed by atoms with van der Waals surface area (Å²) in [6, 6.07) is 11.5. The predicted molar refractivity (Wildman–Crippen MR) is 124 cm³/mol. The second-order valence-corrected chi connectivity index (χ2v) is 8.34. The van der Waals surface area contributed by atoms with Crippen LogP contribution in [0, 0.1) is 20.8 Å². The van der Waals surface area contributed by atoms with Gasteiger partial charge in [0.15, 0.2) is 0 Å². The first-order valence-corrected chi connectivity index (χ1v) is 10.6. The number of carbonyl (C=O) groups excluding carboxylic acids is 2. The Balaban J connectivity index is 1.58. The summed E-state index contributed by atoms with van der Waals surface area (Å²) in [4.78, 5) is 30.5. The Morgan fingerprint density at radius 2 is 1.65 bits per heavy atom. The number of hydrogen-bond donors (Lipinski definition) is 2. The fourth-order valence-electron chi connectivity index (χ4n) is 3.12. The summed E-state index contributed by atoms with van der Waals surface area (Å²) >= 11 is 3.30. The molecular formula is C22H25BrN6O2. The van der Waals surface area contributed by atoms with E-state index in [4.69, 9.17) is 0 Å². The first kappa shape index (κ1) is 22.6. The normalized spacial score (nSPS) is 10.9. The topological polar surface area (TPSA) is 92.2 Å². The average molecular weight is 485 g/mol. The zero-order valence-electron chi connectivity index (χ0n) is 17.9. The Kier molecular flexibility index (Phi) is 7.19. The highest BCUT2D eigenvalue weighted by Gasteiger charge is 2.17. The van der Waals surface area contributed by atoms with Crippen molar-refractivity contribution in [3.05, 3.63) is 64.0 Å². The summed E-state index contributed by atoms with van der Waals surface area (Å²) in [5.74, 6) is -0.00258. The van der Waals surface area contributed by atoms with E-state index in [-0.39, 0.29) is 24.9 Å². The smallest absolute Gasteiger partial charge is 0.239 e. The molecule has 8 nitrogen and oxygen atoms in total. The number of benzene rings is 1. The molecule has 3 aromatic rings. The van der Waals surface area contributed by atoms with Crippen molar-refractivity contribution in [2.45, 2.75) is 20.8 Å². The Morgan fingerprint density at radius 1 is 1.00 bits per heavy atom. The highest BCUT2D eigenvalue weighted by Crippen LogP contribution is 2.23. The average Bonchev–Trinajstić information content (AvgIpc) is 2.98. The van der Waals surface area contributed by atoms with Gasteiger partial charge in [-0.1, -0.05) is 17.7 Å². The van der Waals surface area contributed by atoms with Crippen LogP contribution in [0.4, 0.5) is 11.5 Å². The largest absolute Gasteiger partial charge is 0.322 e. The van der Waals surface area contributed by atoms with Gasteiger partial charge in [-0.3, -0.25) is 14.5 Å². The molecule has 3 rings (SSSR count). The second kappa shape index (κ2) is 9.84. The number of pyridine rings is 1. The van der Waals surface area contributed by atoms with Gasteiger partial charge in [-0.05, 0) is 68.0 Å². The molecule has 0 saturated carbocycles. The lowest BCUT2D eigenvalue weighted by molar-refractivity contribution is -0.119. The zero-order chi connectivity index (χ0) is 22.5. The van der Waals surface area contributed by atoms with Crippen molar-refractivity contribution >= 4 is 39.2 Å². The van der Waals surface area contributed by atoms with Crippen molar-refractivity contribution < 1.29 is 9.59 Å².